The highest BCUT2D eigenvalue weighted by molar-refractivity contribution is 7.92. The summed E-state index contributed by atoms with van der Waals surface area (Å²) in [4.78, 5) is -0.852. The zero-order valence-corrected chi connectivity index (χ0v) is 12.6. The summed E-state index contributed by atoms with van der Waals surface area (Å²) in [7, 11) is -5.40. The third-order valence-electron chi connectivity index (χ3n) is 2.57. The van der Waals surface area contributed by atoms with E-state index in [1.54, 1.807) is 0 Å². The van der Waals surface area contributed by atoms with Gasteiger partial charge in [0, 0.05) is 6.04 Å². The molecule has 8 heteroatoms. The molecule has 21 heavy (non-hydrogen) atoms. The predicted molar refractivity (Wildman–Crippen MR) is 72.9 cm³/mol. The van der Waals surface area contributed by atoms with Gasteiger partial charge in [-0.1, -0.05) is 26.0 Å². The Kier molecular flexibility index (Phi) is 6.03. The Morgan fingerprint density at radius 3 is 2.43 bits per heavy atom. The van der Waals surface area contributed by atoms with E-state index in [0.29, 0.717) is 19.0 Å². The molecule has 0 saturated carbocycles. The van der Waals surface area contributed by atoms with Gasteiger partial charge in [0.2, 0.25) is 0 Å². The third kappa shape index (κ3) is 4.89. The van der Waals surface area contributed by atoms with Crippen molar-refractivity contribution in [3.63, 3.8) is 0 Å². The molecule has 1 aromatic rings. The van der Waals surface area contributed by atoms with Gasteiger partial charge in [-0.15, -0.1) is 0 Å². The lowest BCUT2D eigenvalue weighted by atomic mass is 10.3. The van der Waals surface area contributed by atoms with Gasteiger partial charge in [0.15, 0.2) is 0 Å². The molecule has 0 aromatic heterocycles. The monoisotopic (exact) mass is 325 g/mol. The summed E-state index contributed by atoms with van der Waals surface area (Å²) in [6.07, 6.45) is 0.554. The van der Waals surface area contributed by atoms with Crippen molar-refractivity contribution in [1.29, 1.82) is 0 Å². The topological polar surface area (TPSA) is 55.4 Å². The van der Waals surface area contributed by atoms with Crippen molar-refractivity contribution in [2.45, 2.75) is 36.7 Å². The number of benzene rings is 1. The summed E-state index contributed by atoms with van der Waals surface area (Å²) < 4.78 is 65.8. The summed E-state index contributed by atoms with van der Waals surface area (Å²) in [5.41, 5.74) is -5.34. The van der Waals surface area contributed by atoms with Crippen LogP contribution in [0.3, 0.4) is 0 Å². The molecule has 0 aliphatic rings. The Balaban J connectivity index is 2.77. The lowest BCUT2D eigenvalue weighted by Gasteiger charge is -2.14. The molecule has 0 spiro atoms. The van der Waals surface area contributed by atoms with Crippen LogP contribution in [0, 0.1) is 0 Å². The molecule has 0 atom stereocenters. The van der Waals surface area contributed by atoms with Crippen LogP contribution in [0.1, 0.15) is 20.3 Å². The Morgan fingerprint density at radius 1 is 1.24 bits per heavy atom. The fourth-order valence-corrected chi connectivity index (χ4v) is 2.46. The minimum Gasteiger partial charge on any atom is -0.492 e. The Bertz CT molecular complexity index is 556. The Hall–Kier alpha value is -1.28. The number of sulfone groups is 1. The van der Waals surface area contributed by atoms with E-state index >= 15 is 0 Å². The molecule has 4 nitrogen and oxygen atoms in total. The van der Waals surface area contributed by atoms with E-state index in [4.69, 9.17) is 4.74 Å². The van der Waals surface area contributed by atoms with Gasteiger partial charge in [-0.2, -0.15) is 13.2 Å². The number of alkyl halides is 3. The fourth-order valence-electron chi connectivity index (χ4n) is 1.56. The van der Waals surface area contributed by atoms with Gasteiger partial charge in [-0.05, 0) is 25.1 Å². The standard InChI is InChI=1S/C13H18F3NO3S/c1-10(2)17-8-5-9-20-11-6-3-4-7-12(11)21(18,19)13(14,15)16/h3-4,6-7,10,17H,5,8-9H2,1-2H3. The van der Waals surface area contributed by atoms with Crippen LogP contribution in [0.4, 0.5) is 13.2 Å². The van der Waals surface area contributed by atoms with E-state index in [1.807, 2.05) is 13.8 Å². The number of halogens is 3. The Morgan fingerprint density at radius 2 is 1.86 bits per heavy atom. The van der Waals surface area contributed by atoms with Crippen molar-refractivity contribution in [3.05, 3.63) is 24.3 Å². The van der Waals surface area contributed by atoms with Crippen LogP contribution in [-0.4, -0.2) is 33.1 Å². The number of hydrogen-bond acceptors (Lipinski definition) is 4. The summed E-state index contributed by atoms with van der Waals surface area (Å²) in [5.74, 6) is -0.278. The van der Waals surface area contributed by atoms with Crippen LogP contribution >= 0.6 is 0 Å². The maximum Gasteiger partial charge on any atom is 0.502 e. The minimum absolute atomic E-state index is 0.129. The SMILES string of the molecule is CC(C)NCCCOc1ccccc1S(=O)(=O)C(F)(F)F. The summed E-state index contributed by atoms with van der Waals surface area (Å²) in [6.45, 7) is 4.69. The van der Waals surface area contributed by atoms with E-state index in [-0.39, 0.29) is 12.4 Å². The molecule has 120 valence electrons. The third-order valence-corrected chi connectivity index (χ3v) is 4.10. The van der Waals surface area contributed by atoms with Crippen LogP contribution in [0.5, 0.6) is 5.75 Å². The molecule has 0 heterocycles. The molecule has 0 bridgehead atoms. The quantitative estimate of drug-likeness (QED) is 0.783. The number of nitrogens with one attached hydrogen (secondary N) is 1. The van der Waals surface area contributed by atoms with Gasteiger partial charge >= 0.3 is 5.51 Å². The molecule has 0 unspecified atom stereocenters. The van der Waals surface area contributed by atoms with Crippen molar-refractivity contribution in [3.8, 4) is 5.75 Å². The summed E-state index contributed by atoms with van der Waals surface area (Å²) in [6, 6.07) is 5.06. The number of hydrogen-bond donors (Lipinski definition) is 1. The molecule has 0 radical (unpaired) electrons. The van der Waals surface area contributed by atoms with Gasteiger partial charge in [-0.25, -0.2) is 8.42 Å². The van der Waals surface area contributed by atoms with E-state index in [0.717, 1.165) is 6.07 Å². The molecule has 0 aliphatic heterocycles. The highest BCUT2D eigenvalue weighted by Crippen LogP contribution is 2.35. The normalized spacial score (nSPS) is 12.7. The van der Waals surface area contributed by atoms with Crippen LogP contribution in [0.25, 0.3) is 0 Å². The molecule has 0 aliphatic carbocycles. The molecule has 0 amide bonds. The lowest BCUT2D eigenvalue weighted by molar-refractivity contribution is -0.0437. The molecule has 1 N–H and O–H groups in total. The number of rotatable bonds is 7. The van der Waals surface area contributed by atoms with E-state index in [2.05, 4.69) is 5.32 Å². The predicted octanol–water partition coefficient (Wildman–Crippen LogP) is 2.75. The molecule has 1 rings (SSSR count). The van der Waals surface area contributed by atoms with Crippen LogP contribution in [-0.2, 0) is 9.84 Å². The molecule has 0 fully saturated rings. The second-order valence-corrected chi connectivity index (χ2v) is 6.62. The van der Waals surface area contributed by atoms with Gasteiger partial charge in [0.1, 0.15) is 10.6 Å². The van der Waals surface area contributed by atoms with Crippen molar-refractivity contribution in [2.75, 3.05) is 13.2 Å². The van der Waals surface area contributed by atoms with Crippen molar-refractivity contribution in [1.82, 2.24) is 5.32 Å². The minimum atomic E-state index is -5.40. The van der Waals surface area contributed by atoms with Crippen molar-refractivity contribution in [2.24, 2.45) is 0 Å². The van der Waals surface area contributed by atoms with E-state index in [9.17, 15) is 21.6 Å². The highest BCUT2D eigenvalue weighted by atomic mass is 32.2. The van der Waals surface area contributed by atoms with E-state index < -0.39 is 20.2 Å². The maximum atomic E-state index is 12.6. The number of ether oxygens (including phenoxy) is 1. The molecule has 0 saturated heterocycles. The first kappa shape index (κ1) is 17.8. The molecule has 1 aromatic carbocycles. The van der Waals surface area contributed by atoms with Gasteiger partial charge in [-0.3, -0.25) is 0 Å². The first-order valence-corrected chi connectivity index (χ1v) is 7.91. The second kappa shape index (κ2) is 7.13. The summed E-state index contributed by atoms with van der Waals surface area (Å²) >= 11 is 0. The second-order valence-electron chi connectivity index (χ2n) is 4.71. The van der Waals surface area contributed by atoms with Crippen molar-refractivity contribution < 1.29 is 26.3 Å². The highest BCUT2D eigenvalue weighted by Gasteiger charge is 2.48. The maximum absolute atomic E-state index is 12.6. The lowest BCUT2D eigenvalue weighted by Crippen LogP contribution is -2.25. The first-order valence-electron chi connectivity index (χ1n) is 6.43. The fraction of sp³-hybridized carbons (Fsp3) is 0.538. The number of para-hydroxylation sites is 1. The van der Waals surface area contributed by atoms with Crippen molar-refractivity contribution >= 4 is 9.84 Å². The summed E-state index contributed by atoms with van der Waals surface area (Å²) in [5, 5.41) is 3.12. The molecular weight excluding hydrogens is 307 g/mol. The average Bonchev–Trinajstić information content (AvgIpc) is 2.37. The smallest absolute Gasteiger partial charge is 0.492 e. The van der Waals surface area contributed by atoms with Gasteiger partial charge < -0.3 is 10.1 Å². The largest absolute Gasteiger partial charge is 0.502 e. The van der Waals surface area contributed by atoms with Crippen LogP contribution < -0.4 is 10.1 Å². The van der Waals surface area contributed by atoms with Crippen LogP contribution in [0.15, 0.2) is 29.2 Å². The zero-order valence-electron chi connectivity index (χ0n) is 11.8. The first-order chi connectivity index (χ1) is 9.66. The van der Waals surface area contributed by atoms with Gasteiger partial charge in [0.25, 0.3) is 9.84 Å². The Labute approximate surface area is 122 Å². The average molecular weight is 325 g/mol. The van der Waals surface area contributed by atoms with Gasteiger partial charge in [0.05, 0.1) is 6.61 Å². The zero-order chi connectivity index (χ0) is 16.1. The van der Waals surface area contributed by atoms with Crippen LogP contribution in [0.2, 0.25) is 0 Å². The molecular formula is C13H18F3NO3S. The van der Waals surface area contributed by atoms with E-state index in [1.165, 1.54) is 18.2 Å².